The predicted octanol–water partition coefficient (Wildman–Crippen LogP) is 3.20. The SMILES string of the molecule is O=C(C1COc2ccccc2O1)N1CCN(Cc2nc3scc(-c4cccs4)c3c(=O)[nH]2)CC1. The molecular formula is C24H22N4O4S2. The Hall–Kier alpha value is -3.21. The summed E-state index contributed by atoms with van der Waals surface area (Å²) in [5.41, 5.74) is 0.840. The van der Waals surface area contributed by atoms with Gasteiger partial charge < -0.3 is 19.4 Å². The molecule has 1 saturated heterocycles. The van der Waals surface area contributed by atoms with Gasteiger partial charge in [0, 0.05) is 42.0 Å². The lowest BCUT2D eigenvalue weighted by molar-refractivity contribution is -0.143. The first-order valence-corrected chi connectivity index (χ1v) is 12.9. The van der Waals surface area contributed by atoms with Crippen LogP contribution in [0.3, 0.4) is 0 Å². The molecule has 0 saturated carbocycles. The molecule has 3 aromatic heterocycles. The average Bonchev–Trinajstić information content (AvgIpc) is 3.54. The zero-order chi connectivity index (χ0) is 23.1. The number of hydrogen-bond donors (Lipinski definition) is 1. The third-order valence-electron chi connectivity index (χ3n) is 6.12. The number of nitrogens with zero attached hydrogens (tertiary/aromatic N) is 3. The number of aromatic amines is 1. The van der Waals surface area contributed by atoms with Crippen molar-refractivity contribution in [3.8, 4) is 21.9 Å². The van der Waals surface area contributed by atoms with Gasteiger partial charge in [0.15, 0.2) is 11.5 Å². The molecule has 4 aromatic rings. The number of carbonyl (C=O) groups excluding carboxylic acids is 1. The molecule has 1 amide bonds. The number of rotatable bonds is 4. The van der Waals surface area contributed by atoms with Crippen LogP contribution in [0, 0.1) is 0 Å². The van der Waals surface area contributed by atoms with Crippen molar-refractivity contribution in [1.29, 1.82) is 0 Å². The first-order valence-electron chi connectivity index (χ1n) is 11.1. The van der Waals surface area contributed by atoms with Crippen molar-refractivity contribution in [3.63, 3.8) is 0 Å². The van der Waals surface area contributed by atoms with E-state index in [1.807, 2.05) is 52.1 Å². The second kappa shape index (κ2) is 8.86. The Balaban J connectivity index is 1.09. The Labute approximate surface area is 203 Å². The summed E-state index contributed by atoms with van der Waals surface area (Å²) in [6.45, 7) is 3.33. The van der Waals surface area contributed by atoms with E-state index < -0.39 is 6.10 Å². The minimum absolute atomic E-state index is 0.0539. The number of hydrogen-bond acceptors (Lipinski definition) is 8. The van der Waals surface area contributed by atoms with E-state index in [0.29, 0.717) is 55.4 Å². The molecule has 1 atom stereocenters. The fraction of sp³-hybridized carbons (Fsp3) is 0.292. The van der Waals surface area contributed by atoms with Crippen molar-refractivity contribution in [1.82, 2.24) is 19.8 Å². The van der Waals surface area contributed by atoms with Crippen LogP contribution in [0.4, 0.5) is 0 Å². The van der Waals surface area contributed by atoms with E-state index in [-0.39, 0.29) is 18.1 Å². The number of piperazine rings is 1. The van der Waals surface area contributed by atoms with E-state index in [9.17, 15) is 9.59 Å². The monoisotopic (exact) mass is 494 g/mol. The van der Waals surface area contributed by atoms with Crippen LogP contribution in [0.25, 0.3) is 20.7 Å². The number of carbonyl (C=O) groups is 1. The lowest BCUT2D eigenvalue weighted by atomic mass is 10.2. The molecule has 1 N–H and O–H groups in total. The van der Waals surface area contributed by atoms with E-state index in [0.717, 1.165) is 15.3 Å². The average molecular weight is 495 g/mol. The molecule has 0 aliphatic carbocycles. The molecule has 1 fully saturated rings. The van der Waals surface area contributed by atoms with E-state index in [2.05, 4.69) is 9.88 Å². The number of benzene rings is 1. The molecule has 6 rings (SSSR count). The number of amides is 1. The van der Waals surface area contributed by atoms with Gasteiger partial charge in [-0.2, -0.15) is 0 Å². The summed E-state index contributed by atoms with van der Waals surface area (Å²) in [5.74, 6) is 1.87. The largest absolute Gasteiger partial charge is 0.485 e. The summed E-state index contributed by atoms with van der Waals surface area (Å²) >= 11 is 3.11. The molecule has 1 unspecified atom stereocenters. The van der Waals surface area contributed by atoms with E-state index in [4.69, 9.17) is 14.5 Å². The summed E-state index contributed by atoms with van der Waals surface area (Å²) in [6, 6.07) is 11.4. The second-order valence-electron chi connectivity index (χ2n) is 8.29. The smallest absolute Gasteiger partial charge is 0.267 e. The molecule has 5 heterocycles. The zero-order valence-electron chi connectivity index (χ0n) is 18.2. The molecule has 174 valence electrons. The van der Waals surface area contributed by atoms with E-state index in [1.165, 1.54) is 11.3 Å². The van der Waals surface area contributed by atoms with Crippen LogP contribution >= 0.6 is 22.7 Å². The summed E-state index contributed by atoms with van der Waals surface area (Å²) in [6.07, 6.45) is -0.627. The molecular weight excluding hydrogens is 472 g/mol. The Morgan fingerprint density at radius 3 is 2.71 bits per heavy atom. The predicted molar refractivity (Wildman–Crippen MR) is 132 cm³/mol. The van der Waals surface area contributed by atoms with Gasteiger partial charge in [0.25, 0.3) is 11.5 Å². The van der Waals surface area contributed by atoms with Crippen LogP contribution in [0.5, 0.6) is 11.5 Å². The Bertz CT molecular complexity index is 1390. The lowest BCUT2D eigenvalue weighted by Crippen LogP contribution is -2.53. The van der Waals surface area contributed by atoms with Crippen molar-refractivity contribution in [2.75, 3.05) is 32.8 Å². The number of ether oxygens (including phenoxy) is 2. The minimum Gasteiger partial charge on any atom is -0.485 e. The van der Waals surface area contributed by atoms with Crippen LogP contribution in [0.2, 0.25) is 0 Å². The summed E-state index contributed by atoms with van der Waals surface area (Å²) < 4.78 is 11.6. The van der Waals surface area contributed by atoms with Gasteiger partial charge in [-0.3, -0.25) is 14.5 Å². The van der Waals surface area contributed by atoms with E-state index in [1.54, 1.807) is 11.3 Å². The molecule has 2 aliphatic rings. The van der Waals surface area contributed by atoms with Gasteiger partial charge in [0.1, 0.15) is 17.3 Å². The van der Waals surface area contributed by atoms with Gasteiger partial charge in [0.2, 0.25) is 6.10 Å². The maximum absolute atomic E-state index is 13.0. The minimum atomic E-state index is -0.627. The number of aromatic nitrogens is 2. The van der Waals surface area contributed by atoms with Gasteiger partial charge in [-0.1, -0.05) is 18.2 Å². The van der Waals surface area contributed by atoms with Crippen molar-refractivity contribution < 1.29 is 14.3 Å². The molecule has 0 radical (unpaired) electrons. The van der Waals surface area contributed by atoms with Gasteiger partial charge in [-0.15, -0.1) is 22.7 Å². The molecule has 0 bridgehead atoms. The topological polar surface area (TPSA) is 87.8 Å². The second-order valence-corrected chi connectivity index (χ2v) is 10.1. The quantitative estimate of drug-likeness (QED) is 0.469. The standard InChI is InChI=1S/C24H22N4O4S2/c29-22-21-15(19-6-3-11-33-19)14-34-23(21)26-20(25-22)12-27-7-9-28(10-8-27)24(30)18-13-31-16-4-1-2-5-17(16)32-18/h1-6,11,14,18H,7-10,12-13H2,(H,25,26,29). The first kappa shape index (κ1) is 21.3. The van der Waals surface area contributed by atoms with Crippen molar-refractivity contribution >= 4 is 38.8 Å². The van der Waals surface area contributed by atoms with Crippen molar-refractivity contribution in [2.45, 2.75) is 12.6 Å². The van der Waals surface area contributed by atoms with Gasteiger partial charge in [-0.25, -0.2) is 4.98 Å². The fourth-order valence-electron chi connectivity index (χ4n) is 4.36. The molecule has 34 heavy (non-hydrogen) atoms. The fourth-order valence-corrected chi connectivity index (χ4v) is 6.15. The van der Waals surface area contributed by atoms with Gasteiger partial charge in [0.05, 0.1) is 11.9 Å². The van der Waals surface area contributed by atoms with Crippen molar-refractivity contribution in [3.05, 3.63) is 63.3 Å². The third kappa shape index (κ3) is 3.97. The number of fused-ring (bicyclic) bond motifs is 2. The highest BCUT2D eigenvalue weighted by atomic mass is 32.1. The van der Waals surface area contributed by atoms with Gasteiger partial charge >= 0.3 is 0 Å². The maximum atomic E-state index is 13.0. The number of nitrogens with one attached hydrogen (secondary N) is 1. The highest BCUT2D eigenvalue weighted by Crippen LogP contribution is 2.34. The maximum Gasteiger partial charge on any atom is 0.267 e. The number of thiophene rings is 2. The highest BCUT2D eigenvalue weighted by Gasteiger charge is 2.32. The van der Waals surface area contributed by atoms with Crippen molar-refractivity contribution in [2.24, 2.45) is 0 Å². The van der Waals surface area contributed by atoms with Gasteiger partial charge in [-0.05, 0) is 23.6 Å². The zero-order valence-corrected chi connectivity index (χ0v) is 19.9. The Kier molecular flexibility index (Phi) is 5.56. The number of para-hydroxylation sites is 2. The molecule has 2 aliphatic heterocycles. The summed E-state index contributed by atoms with van der Waals surface area (Å²) in [7, 11) is 0. The van der Waals surface area contributed by atoms with Crippen LogP contribution in [0.15, 0.2) is 52.0 Å². The molecule has 1 aromatic carbocycles. The lowest BCUT2D eigenvalue weighted by Gasteiger charge is -2.36. The van der Waals surface area contributed by atoms with Crippen LogP contribution in [-0.2, 0) is 11.3 Å². The summed E-state index contributed by atoms with van der Waals surface area (Å²) in [4.78, 5) is 39.3. The third-order valence-corrected chi connectivity index (χ3v) is 7.90. The highest BCUT2D eigenvalue weighted by molar-refractivity contribution is 7.18. The van der Waals surface area contributed by atoms with Crippen LogP contribution in [-0.4, -0.2) is 64.6 Å². The van der Waals surface area contributed by atoms with Crippen LogP contribution in [0.1, 0.15) is 5.82 Å². The summed E-state index contributed by atoms with van der Waals surface area (Å²) in [5, 5.41) is 4.66. The van der Waals surface area contributed by atoms with E-state index >= 15 is 0 Å². The number of H-pyrrole nitrogens is 1. The molecule has 10 heteroatoms. The molecule has 8 nitrogen and oxygen atoms in total. The Morgan fingerprint density at radius 1 is 1.09 bits per heavy atom. The van der Waals surface area contributed by atoms with Crippen LogP contribution < -0.4 is 15.0 Å². The Morgan fingerprint density at radius 2 is 1.91 bits per heavy atom. The normalized spacial score (nSPS) is 18.4. The molecule has 0 spiro atoms. The first-order chi connectivity index (χ1) is 16.7.